The molecule has 1 aliphatic carbocycles. The van der Waals surface area contributed by atoms with Gasteiger partial charge in [-0.05, 0) is 119 Å². The molecular formula is C77H99ClN8O17. The number of halogens is 1. The lowest BCUT2D eigenvalue weighted by Gasteiger charge is -2.42. The van der Waals surface area contributed by atoms with Gasteiger partial charge in [-0.2, -0.15) is 0 Å². The minimum atomic E-state index is -1.88. The Labute approximate surface area is 607 Å². The summed E-state index contributed by atoms with van der Waals surface area (Å²) in [6.07, 6.45) is 1.47. The van der Waals surface area contributed by atoms with Crippen LogP contribution in [0.1, 0.15) is 127 Å². The Balaban J connectivity index is 0.741. The van der Waals surface area contributed by atoms with Gasteiger partial charge < -0.3 is 62.7 Å². The molecule has 3 aromatic carbocycles. The number of amides is 5. The first-order chi connectivity index (χ1) is 48.9. The summed E-state index contributed by atoms with van der Waals surface area (Å²) >= 11 is 6.87. The Morgan fingerprint density at radius 2 is 1.60 bits per heavy atom. The van der Waals surface area contributed by atoms with Gasteiger partial charge in [0.2, 0.25) is 17.7 Å². The third kappa shape index (κ3) is 19.6. The number of aromatic nitrogens is 2. The molecule has 3 aliphatic heterocycles. The van der Waals surface area contributed by atoms with Crippen LogP contribution in [0.2, 0.25) is 5.02 Å². The second kappa shape index (κ2) is 34.4. The molecule has 0 radical (unpaired) electrons. The molecule has 0 spiro atoms. The molecule has 5 amide bonds. The number of allylic oxidation sites excluding steroid dienone is 3. The molecule has 2 fully saturated rings. The number of ether oxygens (including phenoxy) is 8. The van der Waals surface area contributed by atoms with Crippen LogP contribution in [-0.4, -0.2) is 199 Å². The average Bonchev–Trinajstić information content (AvgIpc) is 1.58. The minimum absolute atomic E-state index is 0.0271. The number of likely N-dealkylation sites (N-methyl/N-ethyl adjacent to an activating group) is 1. The topological polar surface area (TPSA) is 289 Å². The number of rotatable bonds is 27. The van der Waals surface area contributed by atoms with Gasteiger partial charge in [0.25, 0.3) is 0 Å². The van der Waals surface area contributed by atoms with Crippen LogP contribution in [0, 0.1) is 18.8 Å². The van der Waals surface area contributed by atoms with E-state index >= 15 is 0 Å². The third-order valence-electron chi connectivity index (χ3n) is 19.7. The quantitative estimate of drug-likeness (QED) is 0.0145. The van der Waals surface area contributed by atoms with E-state index in [0.717, 1.165) is 50.0 Å². The van der Waals surface area contributed by atoms with Gasteiger partial charge in [0.05, 0.1) is 62.6 Å². The molecule has 0 saturated carbocycles. The summed E-state index contributed by atoms with van der Waals surface area (Å²) in [6, 6.07) is 24.6. The molecule has 1 unspecified atom stereocenters. The van der Waals surface area contributed by atoms with Gasteiger partial charge >= 0.3 is 24.1 Å². The maximum absolute atomic E-state index is 14.4. The summed E-state index contributed by atoms with van der Waals surface area (Å²) in [5.74, 6) is -4.42. The van der Waals surface area contributed by atoms with Crippen molar-refractivity contribution in [3.8, 4) is 11.1 Å². The van der Waals surface area contributed by atoms with Crippen LogP contribution in [0.25, 0.3) is 22.2 Å². The number of carbonyl (C=O) groups is 8. The highest BCUT2D eigenvalue weighted by Crippen LogP contribution is 2.50. The van der Waals surface area contributed by atoms with Crippen LogP contribution in [0.15, 0.2) is 109 Å². The normalized spacial score (nSPS) is 22.6. The maximum atomic E-state index is 14.4. The van der Waals surface area contributed by atoms with Crippen molar-refractivity contribution in [2.45, 2.75) is 173 Å². The van der Waals surface area contributed by atoms with Crippen LogP contribution in [0.5, 0.6) is 0 Å². The number of hydrogen-bond acceptors (Lipinski definition) is 19. The highest BCUT2D eigenvalue weighted by atomic mass is 35.5. The number of carbonyl (C=O) groups excluding carboxylic acids is 8. The summed E-state index contributed by atoms with van der Waals surface area (Å²) < 4.78 is 48.9. The van der Waals surface area contributed by atoms with Crippen LogP contribution in [0.4, 0.5) is 15.3 Å². The molecule has 5 aromatic rings. The highest BCUT2D eigenvalue weighted by Gasteiger charge is 2.64. The van der Waals surface area contributed by atoms with Gasteiger partial charge in [-0.3, -0.25) is 29.3 Å². The molecule has 9 rings (SSSR count). The zero-order chi connectivity index (χ0) is 74.7. The maximum Gasteiger partial charge on any atom is 0.424 e. The van der Waals surface area contributed by atoms with E-state index in [0.29, 0.717) is 22.8 Å². The van der Waals surface area contributed by atoms with Gasteiger partial charge in [-0.25, -0.2) is 29.4 Å². The first-order valence-electron chi connectivity index (χ1n) is 35.1. The molecule has 556 valence electrons. The van der Waals surface area contributed by atoms with Gasteiger partial charge in [0, 0.05) is 109 Å². The molecule has 4 bridgehead atoms. The first kappa shape index (κ1) is 78.6. The number of anilines is 1. The largest absolute Gasteiger partial charge is 0.460 e. The Bertz CT molecular complexity index is 3940. The number of epoxide rings is 1. The van der Waals surface area contributed by atoms with E-state index in [-0.39, 0.29) is 109 Å². The number of esters is 2. The number of methoxy groups -OCH3 is 1. The second-order valence-corrected chi connectivity index (χ2v) is 28.8. The molecule has 103 heavy (non-hydrogen) atoms. The van der Waals surface area contributed by atoms with Crippen molar-refractivity contribution in [3.05, 3.63) is 142 Å². The van der Waals surface area contributed by atoms with Crippen molar-refractivity contribution in [2.24, 2.45) is 11.8 Å². The van der Waals surface area contributed by atoms with E-state index in [9.17, 15) is 43.5 Å². The van der Waals surface area contributed by atoms with Crippen LogP contribution >= 0.6 is 11.6 Å². The smallest absolute Gasteiger partial charge is 0.424 e. The number of nitrogens with one attached hydrogen (secondary N) is 2. The number of fused-ring (bicyclic) bond motifs is 9. The number of ketones is 1. The molecule has 5 heterocycles. The van der Waals surface area contributed by atoms with E-state index in [1.165, 1.54) is 35.9 Å². The number of hydrazine groups is 1. The fraction of sp³-hybridized carbons (Fsp3) is 0.519. The van der Waals surface area contributed by atoms with Gasteiger partial charge in [-0.15, -0.1) is 0 Å². The molecule has 3 N–H and O–H groups in total. The number of nitrogens with zero attached hydrogens (tertiary/aromatic N) is 6. The van der Waals surface area contributed by atoms with E-state index < -0.39 is 101 Å². The van der Waals surface area contributed by atoms with Crippen molar-refractivity contribution < 1.29 is 81.4 Å². The van der Waals surface area contributed by atoms with Crippen molar-refractivity contribution >= 4 is 76.0 Å². The molecular weight excluding hydrogens is 1340 g/mol. The van der Waals surface area contributed by atoms with E-state index in [4.69, 9.17) is 49.5 Å². The number of aliphatic hydroxyl groups is 1. The van der Waals surface area contributed by atoms with Crippen LogP contribution in [-0.2, 0) is 86.2 Å². The molecule has 9 atom stereocenters. The zero-order valence-corrected chi connectivity index (χ0v) is 62.0. The summed E-state index contributed by atoms with van der Waals surface area (Å²) in [7, 11) is 7.89. The second-order valence-electron chi connectivity index (χ2n) is 28.4. The highest BCUT2D eigenvalue weighted by molar-refractivity contribution is 6.34. The Kier molecular flexibility index (Phi) is 26.2. The third-order valence-corrected chi connectivity index (χ3v) is 20.2. The fourth-order valence-electron chi connectivity index (χ4n) is 13.6. The summed E-state index contributed by atoms with van der Waals surface area (Å²) in [6.45, 7) is 15.0. The van der Waals surface area contributed by atoms with Crippen molar-refractivity contribution in [1.29, 1.82) is 0 Å². The standard InChI is InChI=1S/C77H99ClN8O17/c1-47-20-18-26-63(96-13)77(95)44-62(100-73(93)81-77)49(3)69-76(8,103-69)64(43-66(89)84(11)61-40-51(38-47)39-48(2)68(61)78)101-72(92)50(4)83(10)65(88)30-34-97-36-37-98-35-32-80-71(91)53(27-28-67(90)102-75(5,6)7)42-55(87)29-33-86-54(41-52-21-19-31-79-70(52)86)45-82(9)85(12)74(94)99-46-60-58-24-16-14-22-56(58)57-23-15-17-25-59(57)60/h14-26,31,39-41,49-50,53,60,62-64,69,95H,27-30,32-38,42-46H2,1-13H3,(H,80,91)(H,81,93)/b26-18+,47-20+/t49-,50+,53-,62+,63-,64+,69?,76+,77-/m1/s1. The van der Waals surface area contributed by atoms with Crippen LogP contribution < -0.4 is 15.5 Å². The number of Topliss-reactive ketones (excluding diaryl/α,β-unsaturated/α-hetero) is 1. The predicted molar refractivity (Wildman–Crippen MR) is 385 cm³/mol. The lowest BCUT2D eigenvalue weighted by Crippen LogP contribution is -2.63. The van der Waals surface area contributed by atoms with Crippen molar-refractivity contribution in [3.63, 3.8) is 0 Å². The first-order valence-corrected chi connectivity index (χ1v) is 35.4. The molecule has 25 nitrogen and oxygen atoms in total. The molecule has 26 heteroatoms. The van der Waals surface area contributed by atoms with Gasteiger partial charge in [-0.1, -0.05) is 96.9 Å². The zero-order valence-electron chi connectivity index (χ0n) is 61.3. The summed E-state index contributed by atoms with van der Waals surface area (Å²) in [5, 5.41) is 21.7. The number of benzene rings is 3. The van der Waals surface area contributed by atoms with Crippen molar-refractivity contribution in [2.75, 3.05) is 79.8 Å². The van der Waals surface area contributed by atoms with E-state index in [1.54, 1.807) is 79.1 Å². The molecule has 2 saturated heterocycles. The van der Waals surface area contributed by atoms with E-state index in [2.05, 4.69) is 39.9 Å². The predicted octanol–water partition coefficient (Wildman–Crippen LogP) is 9.72. The fourth-order valence-corrected chi connectivity index (χ4v) is 13.9. The minimum Gasteiger partial charge on any atom is -0.460 e. The monoisotopic (exact) mass is 1440 g/mol. The molecule has 4 aliphatic rings. The Hall–Kier alpha value is -8.56. The average molecular weight is 1440 g/mol. The SMILES string of the molecule is CO[C@@H]1/C=C/C=C(\C)Cc2cc(C)c(Cl)c(c2)N(C)C(=O)C[C@H](OC(=O)[C@H](C)N(C)C(=O)CCOCCOCCNC(=O)[C@H](CCC(=O)OC(C)(C)C)CC(=O)CCn2c(CN(C)N(C)C(=O)OCC3c4ccccc4-c4ccccc43)cc3cccnc32)[C@]2(C)OC2[C@H](C)[C@@H]2C[C@]1(O)NC(=O)O2. The Morgan fingerprint density at radius 3 is 2.29 bits per heavy atom. The number of alkyl carbamates (subject to hydrolysis) is 1. The lowest BCUT2D eigenvalue weighted by molar-refractivity contribution is -0.162. The van der Waals surface area contributed by atoms with Crippen molar-refractivity contribution in [1.82, 2.24) is 35.1 Å². The lowest BCUT2D eigenvalue weighted by atomic mass is 9.83. The Morgan fingerprint density at radius 1 is 0.913 bits per heavy atom. The molecule has 2 aromatic heterocycles. The number of hydrogen-bond donors (Lipinski definition) is 3. The summed E-state index contributed by atoms with van der Waals surface area (Å²) in [4.78, 5) is 117. The number of pyridine rings is 1. The van der Waals surface area contributed by atoms with Gasteiger partial charge in [0.1, 0.15) is 53.6 Å². The van der Waals surface area contributed by atoms with Crippen LogP contribution in [0.3, 0.4) is 0 Å². The van der Waals surface area contributed by atoms with E-state index in [1.807, 2.05) is 79.1 Å². The number of aryl methyl sites for hydroxylation is 2. The van der Waals surface area contributed by atoms with Gasteiger partial charge in [0.15, 0.2) is 5.72 Å². The summed E-state index contributed by atoms with van der Waals surface area (Å²) in [5.41, 5.74) is 4.97.